The summed E-state index contributed by atoms with van der Waals surface area (Å²) < 4.78 is 6.30. The topological polar surface area (TPSA) is 69.4 Å². The van der Waals surface area contributed by atoms with Crippen molar-refractivity contribution in [3.8, 4) is 0 Å². The summed E-state index contributed by atoms with van der Waals surface area (Å²) in [6.07, 6.45) is 0.302. The average Bonchev–Trinajstić information content (AvgIpc) is 3.11. The molecule has 3 rings (SSSR count). The fraction of sp³-hybridized carbons (Fsp3) is 0.308. The Hall–Kier alpha value is -1.95. The van der Waals surface area contributed by atoms with Gasteiger partial charge in [0.2, 0.25) is 6.04 Å². The number of ether oxygens (including phenoxy) is 1. The van der Waals surface area contributed by atoms with Crippen LogP contribution in [0.2, 0.25) is 0 Å². The lowest BCUT2D eigenvalue weighted by Gasteiger charge is -2.02. The van der Waals surface area contributed by atoms with Crippen LogP contribution in [-0.4, -0.2) is 16.9 Å². The number of benzene rings is 1. The molecule has 1 aromatic heterocycles. The highest BCUT2D eigenvalue weighted by Gasteiger charge is 2.54. The predicted octanol–water partition coefficient (Wildman–Crippen LogP) is 2.61. The Morgan fingerprint density at radius 3 is 3.00 bits per heavy atom. The summed E-state index contributed by atoms with van der Waals surface area (Å²) in [5.41, 5.74) is 0.951. The molecule has 0 N–H and O–H groups in total. The van der Waals surface area contributed by atoms with Crippen molar-refractivity contribution in [1.82, 2.24) is 0 Å². The highest BCUT2D eigenvalue weighted by molar-refractivity contribution is 7.17. The third-order valence-electron chi connectivity index (χ3n) is 3.26. The van der Waals surface area contributed by atoms with E-state index in [-0.39, 0.29) is 6.61 Å². The maximum atomic E-state index is 11.6. The van der Waals surface area contributed by atoms with Crippen LogP contribution in [0.25, 0.3) is 10.1 Å². The molecule has 0 amide bonds. The van der Waals surface area contributed by atoms with Gasteiger partial charge in [-0.05, 0) is 16.8 Å². The smallest absolute Gasteiger partial charge is 0.316 e. The minimum atomic E-state index is -0.744. The second-order valence-corrected chi connectivity index (χ2v) is 5.47. The van der Waals surface area contributed by atoms with E-state index in [1.54, 1.807) is 11.3 Å². The van der Waals surface area contributed by atoms with E-state index in [2.05, 4.69) is 0 Å². The highest BCUT2D eigenvalue weighted by Crippen LogP contribution is 2.34. The molecule has 0 aliphatic heterocycles. The van der Waals surface area contributed by atoms with Gasteiger partial charge in [-0.1, -0.05) is 18.2 Å². The van der Waals surface area contributed by atoms with E-state index in [4.69, 9.17) is 4.74 Å². The first-order valence-electron chi connectivity index (χ1n) is 5.92. The lowest BCUT2D eigenvalue weighted by atomic mass is 10.2. The maximum absolute atomic E-state index is 11.6. The molecule has 1 saturated carbocycles. The van der Waals surface area contributed by atoms with Gasteiger partial charge < -0.3 is 4.74 Å². The number of nitrogens with zero attached hydrogens (tertiary/aromatic N) is 1. The molecule has 98 valence electrons. The number of fused-ring (bicyclic) bond motifs is 1. The molecular formula is C13H11NO4S. The predicted molar refractivity (Wildman–Crippen MR) is 70.5 cm³/mol. The first kappa shape index (κ1) is 12.1. The minimum Gasteiger partial charge on any atom is -0.460 e. The summed E-state index contributed by atoms with van der Waals surface area (Å²) in [6, 6.07) is 7.14. The first-order chi connectivity index (χ1) is 9.16. The van der Waals surface area contributed by atoms with Gasteiger partial charge in [-0.15, -0.1) is 11.3 Å². The molecule has 1 aromatic carbocycles. The number of nitro groups is 1. The molecule has 6 heteroatoms. The molecule has 1 aliphatic rings. The van der Waals surface area contributed by atoms with Gasteiger partial charge in [0.1, 0.15) is 12.5 Å². The van der Waals surface area contributed by atoms with Crippen LogP contribution in [0.4, 0.5) is 0 Å². The Labute approximate surface area is 113 Å². The summed E-state index contributed by atoms with van der Waals surface area (Å²) in [4.78, 5) is 21.7. The number of carbonyl (C=O) groups excluding carboxylic acids is 1. The van der Waals surface area contributed by atoms with E-state index in [0.29, 0.717) is 6.42 Å². The van der Waals surface area contributed by atoms with Gasteiger partial charge in [-0.3, -0.25) is 14.9 Å². The quantitative estimate of drug-likeness (QED) is 0.489. The standard InChI is InChI=1S/C13H11NO4S/c15-13(10-5-11(10)14(16)17)18-6-8-7-19-12-4-2-1-3-9(8)12/h1-4,7,10-11H,5-6H2. The zero-order valence-corrected chi connectivity index (χ0v) is 10.8. The number of carbonyl (C=O) groups is 1. The molecule has 19 heavy (non-hydrogen) atoms. The Morgan fingerprint density at radius 2 is 2.26 bits per heavy atom. The monoisotopic (exact) mass is 277 g/mol. The van der Waals surface area contributed by atoms with E-state index in [1.165, 1.54) is 0 Å². The van der Waals surface area contributed by atoms with E-state index in [1.807, 2.05) is 29.6 Å². The molecular weight excluding hydrogens is 266 g/mol. The molecule has 0 spiro atoms. The molecule has 1 fully saturated rings. The van der Waals surface area contributed by atoms with Crippen LogP contribution in [-0.2, 0) is 16.1 Å². The second-order valence-electron chi connectivity index (χ2n) is 4.56. The van der Waals surface area contributed by atoms with Crippen LogP contribution in [0, 0.1) is 16.0 Å². The van der Waals surface area contributed by atoms with Crippen molar-refractivity contribution in [2.75, 3.05) is 0 Å². The van der Waals surface area contributed by atoms with E-state index >= 15 is 0 Å². The largest absolute Gasteiger partial charge is 0.460 e. The molecule has 2 unspecified atom stereocenters. The normalized spacial score (nSPS) is 21.3. The zero-order valence-electron chi connectivity index (χ0n) is 9.94. The van der Waals surface area contributed by atoms with Gasteiger partial charge in [0, 0.05) is 21.6 Å². The van der Waals surface area contributed by atoms with Crippen molar-refractivity contribution in [1.29, 1.82) is 0 Å². The number of hydrogen-bond acceptors (Lipinski definition) is 5. The lowest BCUT2D eigenvalue weighted by molar-refractivity contribution is -0.497. The fourth-order valence-corrected chi connectivity index (χ4v) is 3.02. The van der Waals surface area contributed by atoms with Crippen LogP contribution in [0.1, 0.15) is 12.0 Å². The number of hydrogen-bond donors (Lipinski definition) is 0. The molecule has 5 nitrogen and oxygen atoms in total. The van der Waals surface area contributed by atoms with Crippen LogP contribution in [0.5, 0.6) is 0 Å². The number of rotatable bonds is 4. The maximum Gasteiger partial charge on any atom is 0.316 e. The first-order valence-corrected chi connectivity index (χ1v) is 6.80. The van der Waals surface area contributed by atoms with Crippen molar-refractivity contribution < 1.29 is 14.5 Å². The van der Waals surface area contributed by atoms with Crippen molar-refractivity contribution in [3.05, 3.63) is 45.3 Å². The molecule has 1 aliphatic carbocycles. The molecule has 1 heterocycles. The lowest BCUT2D eigenvalue weighted by Crippen LogP contribution is -2.13. The summed E-state index contributed by atoms with van der Waals surface area (Å²) >= 11 is 1.60. The second kappa shape index (κ2) is 4.62. The Balaban J connectivity index is 1.64. The Bertz CT molecular complexity index is 651. The zero-order chi connectivity index (χ0) is 13.4. The van der Waals surface area contributed by atoms with Crippen molar-refractivity contribution >= 4 is 27.4 Å². The number of esters is 1. The molecule has 0 radical (unpaired) electrons. The van der Waals surface area contributed by atoms with Crippen molar-refractivity contribution in [2.24, 2.45) is 5.92 Å². The van der Waals surface area contributed by atoms with Gasteiger partial charge >= 0.3 is 5.97 Å². The van der Waals surface area contributed by atoms with Gasteiger partial charge in [-0.25, -0.2) is 0 Å². The van der Waals surface area contributed by atoms with Gasteiger partial charge in [-0.2, -0.15) is 0 Å². The van der Waals surface area contributed by atoms with E-state index < -0.39 is 22.9 Å². The van der Waals surface area contributed by atoms with Gasteiger partial charge in [0.15, 0.2) is 0 Å². The third-order valence-corrected chi connectivity index (χ3v) is 4.27. The average molecular weight is 277 g/mol. The molecule has 2 aromatic rings. The van der Waals surface area contributed by atoms with Crippen LogP contribution in [0.15, 0.2) is 29.6 Å². The Morgan fingerprint density at radius 1 is 1.47 bits per heavy atom. The fourth-order valence-electron chi connectivity index (χ4n) is 2.07. The SMILES string of the molecule is O=C(OCc1csc2ccccc12)C1CC1[N+](=O)[O-]. The third kappa shape index (κ3) is 2.31. The van der Waals surface area contributed by atoms with Crippen molar-refractivity contribution in [3.63, 3.8) is 0 Å². The van der Waals surface area contributed by atoms with Crippen LogP contribution in [0.3, 0.4) is 0 Å². The van der Waals surface area contributed by atoms with Crippen LogP contribution < -0.4 is 0 Å². The summed E-state index contributed by atoms with van der Waals surface area (Å²) in [6.45, 7) is 0.184. The molecule has 2 atom stereocenters. The minimum absolute atomic E-state index is 0.184. The molecule has 0 saturated heterocycles. The summed E-state index contributed by atoms with van der Waals surface area (Å²) in [7, 11) is 0. The number of thiophene rings is 1. The highest BCUT2D eigenvalue weighted by atomic mass is 32.1. The van der Waals surface area contributed by atoms with Gasteiger partial charge in [0.05, 0.1) is 0 Å². The molecule has 0 bridgehead atoms. The van der Waals surface area contributed by atoms with Crippen molar-refractivity contribution in [2.45, 2.75) is 19.1 Å². The summed E-state index contributed by atoms with van der Waals surface area (Å²) in [5, 5.41) is 13.5. The summed E-state index contributed by atoms with van der Waals surface area (Å²) in [5.74, 6) is -1.02. The van der Waals surface area contributed by atoms with Crippen LogP contribution >= 0.6 is 11.3 Å². The van der Waals surface area contributed by atoms with E-state index in [9.17, 15) is 14.9 Å². The van der Waals surface area contributed by atoms with Gasteiger partial charge in [0.25, 0.3) is 0 Å². The Kier molecular flexibility index (Phi) is 2.94. The van der Waals surface area contributed by atoms with E-state index in [0.717, 1.165) is 15.6 Å².